The second-order valence-corrected chi connectivity index (χ2v) is 4.48. The lowest BCUT2D eigenvalue weighted by Crippen LogP contribution is -2.34. The van der Waals surface area contributed by atoms with Crippen LogP contribution in [0.25, 0.3) is 0 Å². The van der Waals surface area contributed by atoms with Gasteiger partial charge in [0.05, 0.1) is 5.69 Å². The van der Waals surface area contributed by atoms with Crippen molar-refractivity contribution in [1.29, 1.82) is 0 Å². The molecule has 0 radical (unpaired) electrons. The molecule has 0 atom stereocenters. The summed E-state index contributed by atoms with van der Waals surface area (Å²) >= 11 is 0. The summed E-state index contributed by atoms with van der Waals surface area (Å²) in [5.41, 5.74) is -0.183. The monoisotopic (exact) mass is 251 g/mol. The van der Waals surface area contributed by atoms with Crippen LogP contribution in [0.5, 0.6) is 0 Å². The lowest BCUT2D eigenvalue weighted by atomic mass is 10.4. The van der Waals surface area contributed by atoms with E-state index in [-0.39, 0.29) is 10.6 Å². The molecule has 0 aliphatic carbocycles. The van der Waals surface area contributed by atoms with E-state index in [1.807, 2.05) is 5.32 Å². The summed E-state index contributed by atoms with van der Waals surface area (Å²) in [5.74, 6) is -1.55. The van der Waals surface area contributed by atoms with Crippen molar-refractivity contribution in [1.82, 2.24) is 4.98 Å². The van der Waals surface area contributed by atoms with Gasteiger partial charge in [-0.25, -0.2) is 0 Å². The molecule has 16 heavy (non-hydrogen) atoms. The number of rotatable bonds is 0. The first-order valence-electron chi connectivity index (χ1n) is 3.94. The van der Waals surface area contributed by atoms with Crippen LogP contribution in [0.1, 0.15) is 0 Å². The predicted octanol–water partition coefficient (Wildman–Crippen LogP) is 1.16. The van der Waals surface area contributed by atoms with Crippen LogP contribution < -0.4 is 5.32 Å². The molecule has 0 aromatic carbocycles. The lowest BCUT2D eigenvalue weighted by Gasteiger charge is -2.18. The smallest absolute Gasteiger partial charge is 0.334 e. The molecule has 86 valence electrons. The maximum Gasteiger partial charge on any atom is 0.450 e. The van der Waals surface area contributed by atoms with E-state index in [9.17, 15) is 21.6 Å². The Balaban J connectivity index is 2.61. The molecule has 1 N–H and O–H groups in total. The van der Waals surface area contributed by atoms with E-state index in [4.69, 9.17) is 0 Å². The average Bonchev–Trinajstić information content (AvgIpc) is 2.15. The minimum atomic E-state index is -4.84. The Morgan fingerprint density at radius 3 is 2.62 bits per heavy atom. The molecule has 2 heterocycles. The standard InChI is InChI=1S/C7H4F3N3O2S/c8-7(9,10)6-12-4-1-2-11-3-5(4)16(14,15)13-6/h1-3H,(H,12,13). The van der Waals surface area contributed by atoms with Crippen LogP contribution in [0, 0.1) is 0 Å². The Kier molecular flexibility index (Phi) is 2.15. The van der Waals surface area contributed by atoms with Crippen molar-refractivity contribution in [2.75, 3.05) is 5.32 Å². The molecule has 5 nitrogen and oxygen atoms in total. The molecule has 0 unspecified atom stereocenters. The Morgan fingerprint density at radius 1 is 1.31 bits per heavy atom. The molecular weight excluding hydrogens is 247 g/mol. The number of sulfonamides is 1. The van der Waals surface area contributed by atoms with Crippen LogP contribution in [0.2, 0.25) is 0 Å². The molecule has 2 rings (SSSR count). The van der Waals surface area contributed by atoms with E-state index >= 15 is 0 Å². The summed E-state index contributed by atoms with van der Waals surface area (Å²) in [5, 5.41) is 1.90. The van der Waals surface area contributed by atoms with E-state index in [2.05, 4.69) is 9.38 Å². The average molecular weight is 251 g/mol. The van der Waals surface area contributed by atoms with Crippen molar-refractivity contribution in [3.8, 4) is 0 Å². The van der Waals surface area contributed by atoms with E-state index in [1.54, 1.807) is 0 Å². The number of aromatic nitrogens is 1. The quantitative estimate of drug-likeness (QED) is 0.751. The molecule has 1 aliphatic rings. The zero-order valence-corrected chi connectivity index (χ0v) is 8.30. The van der Waals surface area contributed by atoms with Gasteiger partial charge in [0, 0.05) is 12.4 Å². The van der Waals surface area contributed by atoms with Gasteiger partial charge in [0.15, 0.2) is 0 Å². The van der Waals surface area contributed by atoms with Gasteiger partial charge in [-0.05, 0) is 6.07 Å². The predicted molar refractivity (Wildman–Crippen MR) is 48.5 cm³/mol. The first-order valence-corrected chi connectivity index (χ1v) is 5.38. The summed E-state index contributed by atoms with van der Waals surface area (Å²) in [6, 6.07) is 1.13. The number of amidine groups is 1. The Bertz CT molecular complexity index is 564. The van der Waals surface area contributed by atoms with E-state index in [0.717, 1.165) is 12.3 Å². The molecule has 0 saturated carbocycles. The molecule has 1 aromatic rings. The van der Waals surface area contributed by atoms with Gasteiger partial charge >= 0.3 is 6.18 Å². The zero-order valence-electron chi connectivity index (χ0n) is 7.49. The van der Waals surface area contributed by atoms with Crippen molar-refractivity contribution < 1.29 is 21.6 Å². The van der Waals surface area contributed by atoms with Crippen LogP contribution in [-0.4, -0.2) is 25.4 Å². The van der Waals surface area contributed by atoms with Crippen LogP contribution >= 0.6 is 0 Å². The number of hydrogen-bond donors (Lipinski definition) is 1. The first kappa shape index (κ1) is 10.9. The van der Waals surface area contributed by atoms with Crippen molar-refractivity contribution in [3.63, 3.8) is 0 Å². The molecule has 0 saturated heterocycles. The molecule has 9 heteroatoms. The first-order chi connectivity index (χ1) is 7.31. The maximum absolute atomic E-state index is 12.3. The van der Waals surface area contributed by atoms with Crippen molar-refractivity contribution >= 4 is 21.5 Å². The highest BCUT2D eigenvalue weighted by Crippen LogP contribution is 2.30. The second-order valence-electron chi connectivity index (χ2n) is 2.91. The van der Waals surface area contributed by atoms with Crippen molar-refractivity contribution in [2.45, 2.75) is 11.1 Å². The normalized spacial score (nSPS) is 18.3. The topological polar surface area (TPSA) is 71.4 Å². The molecule has 0 amide bonds. The van der Waals surface area contributed by atoms with E-state index in [1.165, 1.54) is 6.20 Å². The summed E-state index contributed by atoms with van der Waals surface area (Å²) in [6.07, 6.45) is -2.72. The fourth-order valence-electron chi connectivity index (χ4n) is 1.13. The number of hydrogen-bond acceptors (Lipinski definition) is 4. The third-order valence-corrected chi connectivity index (χ3v) is 3.10. The number of nitrogens with zero attached hydrogens (tertiary/aromatic N) is 2. The van der Waals surface area contributed by atoms with E-state index < -0.39 is 22.0 Å². The zero-order chi connectivity index (χ0) is 12.0. The van der Waals surface area contributed by atoms with Crippen molar-refractivity contribution in [2.24, 2.45) is 4.40 Å². The fraction of sp³-hybridized carbons (Fsp3) is 0.143. The van der Waals surface area contributed by atoms with Gasteiger partial charge in [-0.1, -0.05) is 0 Å². The number of halogens is 3. The highest BCUT2D eigenvalue weighted by atomic mass is 32.2. The Morgan fingerprint density at radius 2 is 2.00 bits per heavy atom. The SMILES string of the molecule is O=S1(=O)N=C(C(F)(F)F)Nc2ccncc21. The lowest BCUT2D eigenvalue weighted by molar-refractivity contribution is -0.0585. The molecule has 1 aliphatic heterocycles. The van der Waals surface area contributed by atoms with E-state index in [0.29, 0.717) is 0 Å². The van der Waals surface area contributed by atoms with Gasteiger partial charge in [0.1, 0.15) is 4.90 Å². The summed E-state index contributed by atoms with van der Waals surface area (Å²) in [7, 11) is -4.33. The number of anilines is 1. The molecule has 0 fully saturated rings. The summed E-state index contributed by atoms with van der Waals surface area (Å²) in [4.78, 5) is 3.14. The van der Waals surface area contributed by atoms with Crippen molar-refractivity contribution in [3.05, 3.63) is 18.5 Å². The Labute approximate surface area is 88.1 Å². The third kappa shape index (κ3) is 1.73. The van der Waals surface area contributed by atoms with Crippen LogP contribution in [-0.2, 0) is 10.0 Å². The summed E-state index contributed by atoms with van der Waals surface area (Å²) in [6.45, 7) is 0. The highest BCUT2D eigenvalue weighted by Gasteiger charge is 2.41. The Hall–Kier alpha value is -1.64. The van der Waals surface area contributed by atoms with Crippen LogP contribution in [0.4, 0.5) is 18.9 Å². The van der Waals surface area contributed by atoms with Crippen LogP contribution in [0.15, 0.2) is 27.8 Å². The fourth-order valence-corrected chi connectivity index (χ4v) is 2.21. The second kappa shape index (κ2) is 3.17. The van der Waals surface area contributed by atoms with Gasteiger partial charge in [-0.3, -0.25) is 4.98 Å². The third-order valence-electron chi connectivity index (χ3n) is 1.80. The van der Waals surface area contributed by atoms with Gasteiger partial charge in [0.25, 0.3) is 10.0 Å². The molecule has 1 aromatic heterocycles. The van der Waals surface area contributed by atoms with Crippen LogP contribution in [0.3, 0.4) is 0 Å². The number of pyridine rings is 1. The minimum Gasteiger partial charge on any atom is -0.334 e. The van der Waals surface area contributed by atoms with Gasteiger partial charge in [-0.15, -0.1) is 4.40 Å². The number of nitrogens with one attached hydrogen (secondary N) is 1. The number of fused-ring (bicyclic) bond motifs is 1. The summed E-state index contributed by atoms with van der Waals surface area (Å²) < 4.78 is 62.3. The maximum atomic E-state index is 12.3. The molecular formula is C7H4F3N3O2S. The van der Waals surface area contributed by atoms with Gasteiger partial charge in [-0.2, -0.15) is 21.6 Å². The largest absolute Gasteiger partial charge is 0.450 e. The van der Waals surface area contributed by atoms with Gasteiger partial charge < -0.3 is 5.32 Å². The minimum absolute atomic E-state index is 0.183. The number of alkyl halides is 3. The molecule has 0 spiro atoms. The van der Waals surface area contributed by atoms with Gasteiger partial charge in [0.2, 0.25) is 5.84 Å². The highest BCUT2D eigenvalue weighted by molar-refractivity contribution is 7.90. The molecule has 0 bridgehead atoms.